The normalized spacial score (nSPS) is 21.4. The van der Waals surface area contributed by atoms with Crippen LogP contribution in [0.1, 0.15) is 18.4 Å². The van der Waals surface area contributed by atoms with Crippen LogP contribution in [0.3, 0.4) is 0 Å². The van der Waals surface area contributed by atoms with E-state index in [0.717, 1.165) is 31.0 Å². The fourth-order valence-electron chi connectivity index (χ4n) is 2.56. The van der Waals surface area contributed by atoms with Crippen LogP contribution in [-0.2, 0) is 11.3 Å². The first kappa shape index (κ1) is 13.8. The van der Waals surface area contributed by atoms with Crippen LogP contribution in [0.25, 0.3) is 0 Å². The fraction of sp³-hybridized carbons (Fsp3) is 0.571. The predicted molar refractivity (Wildman–Crippen MR) is 74.7 cm³/mol. The van der Waals surface area contributed by atoms with Crippen LogP contribution in [0.15, 0.2) is 24.3 Å². The Hall–Kier alpha value is -0.610. The van der Waals surface area contributed by atoms with Crippen molar-refractivity contribution in [1.82, 2.24) is 4.90 Å². The minimum Gasteiger partial charge on any atom is -0.377 e. The Kier molecular flexibility index (Phi) is 5.01. The summed E-state index contributed by atoms with van der Waals surface area (Å²) in [6, 6.07) is 8.25. The highest BCUT2D eigenvalue weighted by Gasteiger charge is 2.27. The van der Waals surface area contributed by atoms with Crippen molar-refractivity contribution < 1.29 is 4.74 Å². The first-order chi connectivity index (χ1) is 8.70. The molecule has 1 aliphatic heterocycles. The largest absolute Gasteiger partial charge is 0.377 e. The summed E-state index contributed by atoms with van der Waals surface area (Å²) in [5.41, 5.74) is 7.10. The number of hydrogen-bond donors (Lipinski definition) is 1. The van der Waals surface area contributed by atoms with E-state index in [2.05, 4.69) is 18.0 Å². The molecule has 0 saturated carbocycles. The topological polar surface area (TPSA) is 38.5 Å². The van der Waals surface area contributed by atoms with Gasteiger partial charge in [0.25, 0.3) is 0 Å². The third-order valence-electron chi connectivity index (χ3n) is 3.52. The molecule has 1 aromatic carbocycles. The predicted octanol–water partition coefficient (Wildman–Crippen LogP) is 2.28. The number of ether oxygens (including phenoxy) is 1. The molecule has 0 amide bonds. The summed E-state index contributed by atoms with van der Waals surface area (Å²) in [4.78, 5) is 2.27. The first-order valence-corrected chi connectivity index (χ1v) is 6.85. The van der Waals surface area contributed by atoms with Crippen LogP contribution in [0.4, 0.5) is 0 Å². The second kappa shape index (κ2) is 6.53. The smallest absolute Gasteiger partial charge is 0.0743 e. The number of rotatable bonds is 5. The van der Waals surface area contributed by atoms with Gasteiger partial charge in [0.05, 0.1) is 6.10 Å². The van der Waals surface area contributed by atoms with Crippen molar-refractivity contribution in [3.63, 3.8) is 0 Å². The van der Waals surface area contributed by atoms with Gasteiger partial charge in [-0.2, -0.15) is 0 Å². The number of benzene rings is 1. The molecule has 0 aliphatic carbocycles. The molecule has 1 fully saturated rings. The van der Waals surface area contributed by atoms with Crippen molar-refractivity contribution in [2.75, 3.05) is 20.2 Å². The number of likely N-dealkylation sites (N-methyl/N-ethyl adjacent to an activating group) is 1. The van der Waals surface area contributed by atoms with Crippen LogP contribution in [0.5, 0.6) is 0 Å². The highest BCUT2D eigenvalue weighted by molar-refractivity contribution is 6.30. The molecule has 1 saturated heterocycles. The average Bonchev–Trinajstić information content (AvgIpc) is 2.83. The standard InChI is InChI=1S/C14H21ClN2O/c1-17(10-11-4-2-5-12(15)8-11)13(9-16)14-6-3-7-18-14/h2,4-5,8,13-14H,3,6-7,9-10,16H2,1H3. The van der Waals surface area contributed by atoms with Gasteiger partial charge in [-0.15, -0.1) is 0 Å². The number of nitrogens with two attached hydrogens (primary N) is 1. The molecule has 1 aromatic rings. The fourth-order valence-corrected chi connectivity index (χ4v) is 2.78. The zero-order chi connectivity index (χ0) is 13.0. The summed E-state index contributed by atoms with van der Waals surface area (Å²) >= 11 is 6.00. The Morgan fingerprint density at radius 1 is 1.56 bits per heavy atom. The van der Waals surface area contributed by atoms with Gasteiger partial charge in [-0.05, 0) is 37.6 Å². The monoisotopic (exact) mass is 268 g/mol. The Morgan fingerprint density at radius 3 is 3.00 bits per heavy atom. The minimum absolute atomic E-state index is 0.277. The number of halogens is 1. The minimum atomic E-state index is 0.277. The van der Waals surface area contributed by atoms with Gasteiger partial charge in [0.2, 0.25) is 0 Å². The van der Waals surface area contributed by atoms with Crippen LogP contribution in [0.2, 0.25) is 5.02 Å². The van der Waals surface area contributed by atoms with Gasteiger partial charge in [0, 0.05) is 30.8 Å². The quantitative estimate of drug-likeness (QED) is 0.890. The second-order valence-electron chi connectivity index (χ2n) is 4.90. The third kappa shape index (κ3) is 3.45. The van der Waals surface area contributed by atoms with Crippen molar-refractivity contribution in [1.29, 1.82) is 0 Å². The SMILES string of the molecule is CN(Cc1cccc(Cl)c1)C(CN)C1CCCO1. The van der Waals surface area contributed by atoms with Crippen LogP contribution < -0.4 is 5.73 Å². The van der Waals surface area contributed by atoms with Crippen molar-refractivity contribution in [3.05, 3.63) is 34.9 Å². The van der Waals surface area contributed by atoms with E-state index in [1.165, 1.54) is 5.56 Å². The Bertz CT molecular complexity index is 380. The summed E-state index contributed by atoms with van der Waals surface area (Å²) in [5, 5.41) is 0.780. The lowest BCUT2D eigenvalue weighted by Gasteiger charge is -2.31. The Labute approximate surface area is 114 Å². The lowest BCUT2D eigenvalue weighted by Crippen LogP contribution is -2.45. The van der Waals surface area contributed by atoms with E-state index in [1.807, 2.05) is 18.2 Å². The van der Waals surface area contributed by atoms with E-state index < -0.39 is 0 Å². The third-order valence-corrected chi connectivity index (χ3v) is 3.76. The van der Waals surface area contributed by atoms with Crippen LogP contribution in [-0.4, -0.2) is 37.2 Å². The molecule has 0 radical (unpaired) electrons. The van der Waals surface area contributed by atoms with E-state index in [4.69, 9.17) is 22.1 Å². The Morgan fingerprint density at radius 2 is 2.39 bits per heavy atom. The Balaban J connectivity index is 1.98. The van der Waals surface area contributed by atoms with Gasteiger partial charge in [0.1, 0.15) is 0 Å². The molecule has 4 heteroatoms. The zero-order valence-electron chi connectivity index (χ0n) is 10.8. The molecule has 2 atom stereocenters. The van der Waals surface area contributed by atoms with Crippen molar-refractivity contribution >= 4 is 11.6 Å². The summed E-state index contributed by atoms with van der Waals surface area (Å²) in [7, 11) is 2.10. The van der Waals surface area contributed by atoms with E-state index in [1.54, 1.807) is 0 Å². The van der Waals surface area contributed by atoms with E-state index >= 15 is 0 Å². The van der Waals surface area contributed by atoms with E-state index in [0.29, 0.717) is 6.54 Å². The van der Waals surface area contributed by atoms with Crippen molar-refractivity contribution in [3.8, 4) is 0 Å². The molecule has 0 spiro atoms. The lowest BCUT2D eigenvalue weighted by atomic mass is 10.1. The van der Waals surface area contributed by atoms with Gasteiger partial charge < -0.3 is 10.5 Å². The molecule has 100 valence electrons. The van der Waals surface area contributed by atoms with Gasteiger partial charge in [-0.3, -0.25) is 4.90 Å². The van der Waals surface area contributed by atoms with E-state index in [-0.39, 0.29) is 12.1 Å². The summed E-state index contributed by atoms with van der Waals surface area (Å²) in [6.45, 7) is 2.34. The number of hydrogen-bond acceptors (Lipinski definition) is 3. The molecule has 3 nitrogen and oxygen atoms in total. The van der Waals surface area contributed by atoms with Gasteiger partial charge in [-0.25, -0.2) is 0 Å². The maximum atomic E-state index is 6.00. The average molecular weight is 269 g/mol. The van der Waals surface area contributed by atoms with Gasteiger partial charge in [0.15, 0.2) is 0 Å². The van der Waals surface area contributed by atoms with Crippen molar-refractivity contribution in [2.24, 2.45) is 5.73 Å². The van der Waals surface area contributed by atoms with Crippen molar-refractivity contribution in [2.45, 2.75) is 31.5 Å². The maximum Gasteiger partial charge on any atom is 0.0743 e. The molecule has 2 N–H and O–H groups in total. The van der Waals surface area contributed by atoms with E-state index in [9.17, 15) is 0 Å². The first-order valence-electron chi connectivity index (χ1n) is 6.47. The molecule has 18 heavy (non-hydrogen) atoms. The lowest BCUT2D eigenvalue weighted by molar-refractivity contribution is 0.0347. The highest BCUT2D eigenvalue weighted by atomic mass is 35.5. The van der Waals surface area contributed by atoms with Gasteiger partial charge in [-0.1, -0.05) is 23.7 Å². The molecule has 0 bridgehead atoms. The molecular formula is C14H21ClN2O. The maximum absolute atomic E-state index is 6.00. The zero-order valence-corrected chi connectivity index (χ0v) is 11.6. The molecular weight excluding hydrogens is 248 g/mol. The molecule has 0 aromatic heterocycles. The molecule has 2 rings (SSSR count). The molecule has 1 heterocycles. The van der Waals surface area contributed by atoms with Crippen LogP contribution >= 0.6 is 11.6 Å². The van der Waals surface area contributed by atoms with Crippen LogP contribution in [0, 0.1) is 0 Å². The summed E-state index contributed by atoms with van der Waals surface area (Å²) < 4.78 is 5.74. The van der Waals surface area contributed by atoms with Gasteiger partial charge >= 0.3 is 0 Å². The number of nitrogens with zero attached hydrogens (tertiary/aromatic N) is 1. The summed E-state index contributed by atoms with van der Waals surface area (Å²) in [6.07, 6.45) is 2.53. The second-order valence-corrected chi connectivity index (χ2v) is 5.34. The molecule has 2 unspecified atom stereocenters. The molecule has 1 aliphatic rings. The highest BCUT2D eigenvalue weighted by Crippen LogP contribution is 2.20. The summed E-state index contributed by atoms with van der Waals surface area (Å²) in [5.74, 6) is 0.